The van der Waals surface area contributed by atoms with Crippen molar-refractivity contribution in [3.63, 3.8) is 0 Å². The summed E-state index contributed by atoms with van der Waals surface area (Å²) in [5.74, 6) is -1.95. The van der Waals surface area contributed by atoms with E-state index in [1.165, 1.54) is 0 Å². The third-order valence-corrected chi connectivity index (χ3v) is 3.45. The van der Waals surface area contributed by atoms with E-state index in [0.29, 0.717) is 0 Å². The molecule has 0 aliphatic rings. The highest BCUT2D eigenvalue weighted by Gasteiger charge is 2.29. The van der Waals surface area contributed by atoms with E-state index in [1.54, 1.807) is 0 Å². The largest absolute Gasteiger partial charge is 0.480 e. The molecule has 0 aliphatic carbocycles. The molecule has 1 aromatic carbocycles. The molecule has 0 aliphatic heterocycles. The molecule has 20 heavy (non-hydrogen) atoms. The minimum atomic E-state index is -1.27. The highest BCUT2D eigenvalue weighted by atomic mass is 16.4. The molecule has 0 saturated carbocycles. The zero-order chi connectivity index (χ0) is 15.1. The van der Waals surface area contributed by atoms with Crippen LogP contribution in [0.15, 0.2) is 30.3 Å². The highest BCUT2D eigenvalue weighted by molar-refractivity contribution is 5.88. The Morgan fingerprint density at radius 2 is 1.85 bits per heavy atom. The Hall–Kier alpha value is -1.88. The van der Waals surface area contributed by atoms with Gasteiger partial charge in [-0.15, -0.1) is 0 Å². The van der Waals surface area contributed by atoms with Crippen LogP contribution in [0.5, 0.6) is 0 Å². The second-order valence-corrected chi connectivity index (χ2v) is 4.86. The molecule has 0 bridgehead atoms. The summed E-state index contributed by atoms with van der Waals surface area (Å²) >= 11 is 0. The molecule has 1 rings (SSSR count). The lowest BCUT2D eigenvalue weighted by Gasteiger charge is -2.24. The van der Waals surface area contributed by atoms with Gasteiger partial charge in [0.2, 0.25) is 5.91 Å². The van der Waals surface area contributed by atoms with Gasteiger partial charge in [-0.05, 0) is 11.5 Å². The first kappa shape index (κ1) is 16.2. The molecule has 5 nitrogen and oxygen atoms in total. The number of hydrogen-bond acceptors (Lipinski definition) is 3. The molecule has 1 aromatic rings. The first-order valence-electron chi connectivity index (χ1n) is 6.70. The summed E-state index contributed by atoms with van der Waals surface area (Å²) in [4.78, 5) is 23.2. The normalized spacial score (nSPS) is 15.2. The van der Waals surface area contributed by atoms with Gasteiger partial charge in [-0.2, -0.15) is 0 Å². The van der Waals surface area contributed by atoms with Crippen LogP contribution < -0.4 is 5.32 Å². The number of hydrogen-bond donors (Lipinski definition) is 3. The van der Waals surface area contributed by atoms with E-state index in [9.17, 15) is 9.59 Å². The first-order valence-corrected chi connectivity index (χ1v) is 6.70. The minimum absolute atomic E-state index is 0.0746. The Morgan fingerprint density at radius 3 is 2.30 bits per heavy atom. The number of aliphatic hydroxyl groups is 1. The van der Waals surface area contributed by atoms with Gasteiger partial charge in [0.1, 0.15) is 6.04 Å². The number of aliphatic hydroxyl groups excluding tert-OH is 1. The van der Waals surface area contributed by atoms with Gasteiger partial charge in [-0.1, -0.05) is 50.6 Å². The van der Waals surface area contributed by atoms with Crippen molar-refractivity contribution in [2.75, 3.05) is 6.61 Å². The predicted octanol–water partition coefficient (Wildman–Crippen LogP) is 1.38. The van der Waals surface area contributed by atoms with E-state index in [2.05, 4.69) is 5.32 Å². The number of amides is 1. The van der Waals surface area contributed by atoms with Crippen molar-refractivity contribution in [2.45, 2.75) is 32.2 Å². The Kier molecular flexibility index (Phi) is 6.18. The molecule has 1 amide bonds. The van der Waals surface area contributed by atoms with Crippen molar-refractivity contribution in [2.24, 2.45) is 5.92 Å². The molecule has 0 fully saturated rings. The monoisotopic (exact) mass is 279 g/mol. The van der Waals surface area contributed by atoms with E-state index in [4.69, 9.17) is 10.2 Å². The Labute approximate surface area is 118 Å². The lowest BCUT2D eigenvalue weighted by Crippen LogP contribution is -2.46. The molecular formula is C15H21NO4. The first-order chi connectivity index (χ1) is 9.51. The number of benzene rings is 1. The molecule has 3 atom stereocenters. The van der Waals surface area contributed by atoms with Crippen LogP contribution in [0.1, 0.15) is 31.7 Å². The third kappa shape index (κ3) is 4.06. The minimum Gasteiger partial charge on any atom is -0.480 e. The van der Waals surface area contributed by atoms with E-state index < -0.39 is 24.5 Å². The zero-order valence-electron chi connectivity index (χ0n) is 11.7. The van der Waals surface area contributed by atoms with Crippen LogP contribution in [0.25, 0.3) is 0 Å². The van der Waals surface area contributed by atoms with Crippen LogP contribution in [0.2, 0.25) is 0 Å². The number of nitrogens with one attached hydrogen (secondary N) is 1. The van der Waals surface area contributed by atoms with Crippen LogP contribution in [0.3, 0.4) is 0 Å². The summed E-state index contributed by atoms with van der Waals surface area (Å²) in [5.41, 5.74) is 0.849. The van der Waals surface area contributed by atoms with Crippen molar-refractivity contribution < 1.29 is 19.8 Å². The number of carbonyl (C=O) groups is 2. The smallest absolute Gasteiger partial charge is 0.328 e. The lowest BCUT2D eigenvalue weighted by atomic mass is 9.84. The molecule has 5 heteroatoms. The number of aliphatic carboxylic acids is 1. The van der Waals surface area contributed by atoms with Crippen molar-refractivity contribution in [1.82, 2.24) is 5.32 Å². The van der Waals surface area contributed by atoms with E-state index >= 15 is 0 Å². The van der Waals surface area contributed by atoms with Gasteiger partial charge in [-0.25, -0.2) is 4.79 Å². The molecule has 0 aromatic heterocycles. The van der Waals surface area contributed by atoms with Gasteiger partial charge >= 0.3 is 5.97 Å². The summed E-state index contributed by atoms with van der Waals surface area (Å²) in [6, 6.07) is 7.99. The van der Waals surface area contributed by atoms with Crippen LogP contribution >= 0.6 is 0 Å². The molecule has 0 heterocycles. The summed E-state index contributed by atoms with van der Waals surface area (Å²) in [6.45, 7) is 3.31. The van der Waals surface area contributed by atoms with Crippen molar-refractivity contribution >= 4 is 11.9 Å². The van der Waals surface area contributed by atoms with Crippen LogP contribution in [0.4, 0.5) is 0 Å². The topological polar surface area (TPSA) is 86.6 Å². The number of carbonyl (C=O) groups excluding carboxylic acids is 1. The van der Waals surface area contributed by atoms with Gasteiger partial charge in [-0.3, -0.25) is 4.79 Å². The molecule has 110 valence electrons. The fraction of sp³-hybridized carbons (Fsp3) is 0.467. The standard InChI is InChI=1S/C15H21NO4/c1-3-10(2)13(11-7-5-4-6-8-11)14(18)16-12(9-17)15(19)20/h4-8,10,12-13,17H,3,9H2,1-2H3,(H,16,18)(H,19,20)/t10?,12-,13?/m0/s1. The predicted molar refractivity (Wildman–Crippen MR) is 75.3 cm³/mol. The quantitative estimate of drug-likeness (QED) is 0.703. The van der Waals surface area contributed by atoms with Crippen LogP contribution in [-0.2, 0) is 9.59 Å². The maximum atomic E-state index is 12.3. The van der Waals surface area contributed by atoms with Gasteiger partial charge in [0.05, 0.1) is 12.5 Å². The summed E-state index contributed by atoms with van der Waals surface area (Å²) in [5, 5.41) is 20.3. The van der Waals surface area contributed by atoms with Gasteiger partial charge < -0.3 is 15.5 Å². The lowest BCUT2D eigenvalue weighted by molar-refractivity contribution is -0.143. The van der Waals surface area contributed by atoms with Gasteiger partial charge in [0, 0.05) is 0 Å². The Bertz CT molecular complexity index is 446. The Morgan fingerprint density at radius 1 is 1.25 bits per heavy atom. The highest BCUT2D eigenvalue weighted by Crippen LogP contribution is 2.27. The van der Waals surface area contributed by atoms with E-state index in [1.807, 2.05) is 44.2 Å². The number of rotatable bonds is 7. The summed E-state index contributed by atoms with van der Waals surface area (Å²) < 4.78 is 0. The number of carboxylic acids is 1. The number of carboxylic acid groups (broad SMARTS) is 1. The summed E-state index contributed by atoms with van der Waals surface area (Å²) in [7, 11) is 0. The Balaban J connectivity index is 2.94. The molecule has 0 radical (unpaired) electrons. The fourth-order valence-electron chi connectivity index (χ4n) is 2.08. The van der Waals surface area contributed by atoms with E-state index in [0.717, 1.165) is 12.0 Å². The van der Waals surface area contributed by atoms with Gasteiger partial charge in [0.15, 0.2) is 0 Å². The second-order valence-electron chi connectivity index (χ2n) is 4.86. The SMILES string of the molecule is CCC(C)C(C(=O)N[C@@H](CO)C(=O)O)c1ccccc1. The average molecular weight is 279 g/mol. The molecule has 2 unspecified atom stereocenters. The maximum absolute atomic E-state index is 12.3. The third-order valence-electron chi connectivity index (χ3n) is 3.45. The fourth-order valence-corrected chi connectivity index (χ4v) is 2.08. The maximum Gasteiger partial charge on any atom is 0.328 e. The van der Waals surface area contributed by atoms with Crippen LogP contribution in [-0.4, -0.2) is 34.7 Å². The van der Waals surface area contributed by atoms with Crippen molar-refractivity contribution in [3.8, 4) is 0 Å². The summed E-state index contributed by atoms with van der Waals surface area (Å²) in [6.07, 6.45) is 0.795. The van der Waals surface area contributed by atoms with Crippen LogP contribution in [0, 0.1) is 5.92 Å². The molecule has 0 spiro atoms. The zero-order valence-corrected chi connectivity index (χ0v) is 11.7. The molecule has 3 N–H and O–H groups in total. The van der Waals surface area contributed by atoms with Gasteiger partial charge in [0.25, 0.3) is 0 Å². The average Bonchev–Trinajstić information content (AvgIpc) is 2.45. The van der Waals surface area contributed by atoms with Crippen molar-refractivity contribution in [3.05, 3.63) is 35.9 Å². The van der Waals surface area contributed by atoms with E-state index in [-0.39, 0.29) is 11.8 Å². The molecule has 0 saturated heterocycles. The second kappa shape index (κ2) is 7.65. The molecular weight excluding hydrogens is 258 g/mol. The van der Waals surface area contributed by atoms with Crippen molar-refractivity contribution in [1.29, 1.82) is 0 Å².